The van der Waals surface area contributed by atoms with Crippen LogP contribution in [0.1, 0.15) is 13.3 Å². The number of anilines is 1. The first kappa shape index (κ1) is 11.4. The standard InChI is InChI=1S/C9H14N6O2/c1-3-4-15-5-6(11-8(15)13-10)14(2)9(17)12-7(5)16/h3-4,10H2,1-2H3,(H,11,13)(H,12,16,17). The molecule has 4 N–H and O–H groups in total. The molecule has 2 rings (SSSR count). The fourth-order valence-electron chi connectivity index (χ4n) is 1.79. The minimum absolute atomic E-state index is 0.320. The molecule has 0 aliphatic carbocycles. The van der Waals surface area contributed by atoms with Crippen molar-refractivity contribution in [2.24, 2.45) is 12.9 Å². The summed E-state index contributed by atoms with van der Waals surface area (Å²) in [5.41, 5.74) is 2.15. The molecule has 2 heterocycles. The van der Waals surface area contributed by atoms with Crippen LogP contribution in [0.25, 0.3) is 11.2 Å². The molecule has 0 bridgehead atoms. The Morgan fingerprint density at radius 2 is 2.18 bits per heavy atom. The lowest BCUT2D eigenvalue weighted by molar-refractivity contribution is 0.698. The van der Waals surface area contributed by atoms with Gasteiger partial charge in [-0.25, -0.2) is 10.6 Å². The van der Waals surface area contributed by atoms with Crippen molar-refractivity contribution in [3.05, 3.63) is 20.8 Å². The van der Waals surface area contributed by atoms with Crippen molar-refractivity contribution < 1.29 is 0 Å². The highest BCUT2D eigenvalue weighted by molar-refractivity contribution is 5.73. The van der Waals surface area contributed by atoms with Crippen LogP contribution in [0.15, 0.2) is 9.59 Å². The van der Waals surface area contributed by atoms with E-state index in [1.54, 1.807) is 11.6 Å². The number of nitrogens with two attached hydrogens (primary N) is 1. The van der Waals surface area contributed by atoms with E-state index >= 15 is 0 Å². The van der Waals surface area contributed by atoms with E-state index in [-0.39, 0.29) is 0 Å². The van der Waals surface area contributed by atoms with Crippen LogP contribution in [-0.2, 0) is 13.6 Å². The van der Waals surface area contributed by atoms with E-state index < -0.39 is 11.2 Å². The number of nitrogens with one attached hydrogen (secondary N) is 2. The van der Waals surface area contributed by atoms with E-state index in [4.69, 9.17) is 5.84 Å². The lowest BCUT2D eigenvalue weighted by Gasteiger charge is -2.05. The van der Waals surface area contributed by atoms with E-state index in [2.05, 4.69) is 15.4 Å². The van der Waals surface area contributed by atoms with Gasteiger partial charge in [-0.15, -0.1) is 0 Å². The number of hydrazine groups is 1. The van der Waals surface area contributed by atoms with Gasteiger partial charge in [0.2, 0.25) is 5.95 Å². The Hall–Kier alpha value is -2.09. The third kappa shape index (κ3) is 1.62. The molecular weight excluding hydrogens is 224 g/mol. The molecule has 17 heavy (non-hydrogen) atoms. The van der Waals surface area contributed by atoms with Gasteiger partial charge >= 0.3 is 5.69 Å². The minimum atomic E-state index is -0.493. The maximum absolute atomic E-state index is 11.8. The van der Waals surface area contributed by atoms with E-state index in [9.17, 15) is 9.59 Å². The molecule has 0 saturated heterocycles. The molecule has 0 unspecified atom stereocenters. The molecular formula is C9H14N6O2. The third-order valence-electron chi connectivity index (χ3n) is 2.58. The van der Waals surface area contributed by atoms with Gasteiger partial charge in [0.15, 0.2) is 11.2 Å². The zero-order chi connectivity index (χ0) is 12.6. The fourth-order valence-corrected chi connectivity index (χ4v) is 1.79. The van der Waals surface area contributed by atoms with Gasteiger partial charge in [0.05, 0.1) is 0 Å². The molecule has 92 valence electrons. The Kier molecular flexibility index (Phi) is 2.72. The number of nitrogen functional groups attached to an aromatic ring is 1. The van der Waals surface area contributed by atoms with Crippen molar-refractivity contribution in [2.75, 3.05) is 5.43 Å². The summed E-state index contributed by atoms with van der Waals surface area (Å²) in [6, 6.07) is 0. The van der Waals surface area contributed by atoms with E-state index in [0.717, 1.165) is 6.42 Å². The van der Waals surface area contributed by atoms with Crippen LogP contribution in [0.2, 0.25) is 0 Å². The smallest absolute Gasteiger partial charge is 0.303 e. The van der Waals surface area contributed by atoms with Gasteiger partial charge in [-0.1, -0.05) is 6.92 Å². The number of aryl methyl sites for hydroxylation is 2. The number of rotatable bonds is 3. The molecule has 2 aromatic heterocycles. The summed E-state index contributed by atoms with van der Waals surface area (Å²) < 4.78 is 2.94. The molecule has 0 aliphatic heterocycles. The number of aromatic amines is 1. The van der Waals surface area contributed by atoms with Crippen molar-refractivity contribution in [1.82, 2.24) is 19.1 Å². The fraction of sp³-hybridized carbons (Fsp3) is 0.444. The van der Waals surface area contributed by atoms with Gasteiger partial charge < -0.3 is 4.57 Å². The number of hydrogen-bond acceptors (Lipinski definition) is 5. The number of fused-ring (bicyclic) bond motifs is 1. The van der Waals surface area contributed by atoms with Crippen molar-refractivity contribution in [3.63, 3.8) is 0 Å². The average molecular weight is 238 g/mol. The number of hydrogen-bond donors (Lipinski definition) is 3. The van der Waals surface area contributed by atoms with Crippen LogP contribution in [-0.4, -0.2) is 19.1 Å². The first-order valence-corrected chi connectivity index (χ1v) is 5.26. The van der Waals surface area contributed by atoms with Crippen molar-refractivity contribution in [3.8, 4) is 0 Å². The highest BCUT2D eigenvalue weighted by Crippen LogP contribution is 2.14. The largest absolute Gasteiger partial charge is 0.329 e. The van der Waals surface area contributed by atoms with Crippen LogP contribution >= 0.6 is 0 Å². The zero-order valence-corrected chi connectivity index (χ0v) is 9.65. The molecule has 0 radical (unpaired) electrons. The summed E-state index contributed by atoms with van der Waals surface area (Å²) in [5.74, 6) is 5.72. The normalized spacial score (nSPS) is 11.0. The van der Waals surface area contributed by atoms with Crippen LogP contribution in [0, 0.1) is 0 Å². The molecule has 8 heteroatoms. The average Bonchev–Trinajstić information content (AvgIpc) is 2.66. The molecule has 2 aromatic rings. The summed E-state index contributed by atoms with van der Waals surface area (Å²) in [6.07, 6.45) is 0.822. The second kappa shape index (κ2) is 4.06. The van der Waals surface area contributed by atoms with Crippen LogP contribution in [0.3, 0.4) is 0 Å². The lowest BCUT2D eigenvalue weighted by Crippen LogP contribution is -2.29. The quantitative estimate of drug-likeness (QED) is 0.475. The summed E-state index contributed by atoms with van der Waals surface area (Å²) >= 11 is 0. The highest BCUT2D eigenvalue weighted by atomic mass is 16.2. The topological polar surface area (TPSA) is 111 Å². The number of aromatic nitrogens is 4. The maximum atomic E-state index is 11.8. The predicted octanol–water partition coefficient (Wildman–Crippen LogP) is -0.881. The molecule has 0 fully saturated rings. The molecule has 0 amide bonds. The third-order valence-corrected chi connectivity index (χ3v) is 2.58. The molecule has 8 nitrogen and oxygen atoms in total. The molecule has 0 atom stereocenters. The van der Waals surface area contributed by atoms with Crippen molar-refractivity contribution >= 4 is 17.1 Å². The van der Waals surface area contributed by atoms with E-state index in [1.165, 1.54) is 4.57 Å². The summed E-state index contributed by atoms with van der Waals surface area (Å²) in [4.78, 5) is 29.6. The molecule has 0 aromatic carbocycles. The Morgan fingerprint density at radius 1 is 1.47 bits per heavy atom. The molecule has 0 aliphatic rings. The molecule has 0 spiro atoms. The maximum Gasteiger partial charge on any atom is 0.329 e. The van der Waals surface area contributed by atoms with Gasteiger partial charge in [0, 0.05) is 13.6 Å². The van der Waals surface area contributed by atoms with Crippen molar-refractivity contribution in [1.29, 1.82) is 0 Å². The Bertz CT molecular complexity index is 664. The number of H-pyrrole nitrogens is 1. The highest BCUT2D eigenvalue weighted by Gasteiger charge is 2.15. The van der Waals surface area contributed by atoms with Gasteiger partial charge in [-0.05, 0) is 6.42 Å². The van der Waals surface area contributed by atoms with Crippen LogP contribution in [0.4, 0.5) is 5.95 Å². The van der Waals surface area contributed by atoms with Crippen molar-refractivity contribution in [2.45, 2.75) is 19.9 Å². The first-order chi connectivity index (χ1) is 8.10. The first-order valence-electron chi connectivity index (χ1n) is 5.26. The second-order valence-corrected chi connectivity index (χ2v) is 3.72. The van der Waals surface area contributed by atoms with Crippen LogP contribution < -0.4 is 22.5 Å². The Balaban J connectivity index is 2.92. The Labute approximate surface area is 96.0 Å². The predicted molar refractivity (Wildman–Crippen MR) is 63.7 cm³/mol. The lowest BCUT2D eigenvalue weighted by atomic mass is 10.4. The summed E-state index contributed by atoms with van der Waals surface area (Å²) in [5, 5.41) is 0. The van der Waals surface area contributed by atoms with Gasteiger partial charge in [0.25, 0.3) is 5.56 Å². The van der Waals surface area contributed by atoms with E-state index in [0.29, 0.717) is 23.7 Å². The monoisotopic (exact) mass is 238 g/mol. The van der Waals surface area contributed by atoms with Gasteiger partial charge in [-0.2, -0.15) is 4.98 Å². The zero-order valence-electron chi connectivity index (χ0n) is 9.65. The van der Waals surface area contributed by atoms with Gasteiger partial charge in [-0.3, -0.25) is 19.8 Å². The molecule has 0 saturated carbocycles. The Morgan fingerprint density at radius 3 is 2.76 bits per heavy atom. The number of imidazole rings is 1. The SMILES string of the molecule is CCCn1c(NN)nc2c1c(=O)[nH]c(=O)n2C. The summed E-state index contributed by atoms with van der Waals surface area (Å²) in [6.45, 7) is 2.57. The van der Waals surface area contributed by atoms with E-state index in [1.807, 2.05) is 6.92 Å². The number of nitrogens with zero attached hydrogens (tertiary/aromatic N) is 3. The second-order valence-electron chi connectivity index (χ2n) is 3.72. The van der Waals surface area contributed by atoms with Crippen LogP contribution in [0.5, 0.6) is 0 Å². The van der Waals surface area contributed by atoms with Gasteiger partial charge in [0.1, 0.15) is 0 Å². The minimum Gasteiger partial charge on any atom is -0.303 e. The summed E-state index contributed by atoms with van der Waals surface area (Å²) in [7, 11) is 1.55.